The van der Waals surface area contributed by atoms with E-state index in [1.807, 2.05) is 97.9 Å². The highest BCUT2D eigenvalue weighted by Gasteiger charge is 2.35. The summed E-state index contributed by atoms with van der Waals surface area (Å²) in [6.07, 6.45) is 1.75. The fraction of sp³-hybridized carbons (Fsp3) is 0.133. The summed E-state index contributed by atoms with van der Waals surface area (Å²) in [6, 6.07) is 29.2. The maximum Gasteiger partial charge on any atom is 0.293 e. The van der Waals surface area contributed by atoms with Crippen LogP contribution in [0.2, 0.25) is 0 Å². The number of nitrogens with zero attached hydrogens (tertiary/aromatic N) is 1. The van der Waals surface area contributed by atoms with E-state index in [0.29, 0.717) is 23.9 Å². The molecule has 0 saturated carbocycles. The molecule has 5 nitrogen and oxygen atoms in total. The number of ether oxygens (including phenoxy) is 2. The van der Waals surface area contributed by atoms with Crippen molar-refractivity contribution in [2.45, 2.75) is 13.5 Å². The number of aryl methyl sites for hydroxylation is 1. The van der Waals surface area contributed by atoms with E-state index < -0.39 is 0 Å². The zero-order valence-electron chi connectivity index (χ0n) is 19.8. The molecule has 4 aromatic rings. The number of thioether (sulfide) groups is 1. The zero-order valence-corrected chi connectivity index (χ0v) is 20.7. The smallest absolute Gasteiger partial charge is 0.293 e. The second-order valence-electron chi connectivity index (χ2n) is 8.49. The summed E-state index contributed by atoms with van der Waals surface area (Å²) in [7, 11) is 0. The van der Waals surface area contributed by atoms with Crippen molar-refractivity contribution in [1.82, 2.24) is 4.90 Å². The first-order valence-corrected chi connectivity index (χ1v) is 12.5. The largest absolute Gasteiger partial charge is 0.490 e. The van der Waals surface area contributed by atoms with Gasteiger partial charge in [-0.3, -0.25) is 14.5 Å². The molecule has 1 heterocycles. The molecule has 0 radical (unpaired) electrons. The lowest BCUT2D eigenvalue weighted by Crippen LogP contribution is -2.27. The Hall–Kier alpha value is -4.03. The van der Waals surface area contributed by atoms with Crippen LogP contribution in [-0.4, -0.2) is 29.3 Å². The molecule has 0 aromatic heterocycles. The highest BCUT2D eigenvalue weighted by molar-refractivity contribution is 8.18. The second kappa shape index (κ2) is 10.7. The minimum Gasteiger partial charge on any atom is -0.490 e. The fourth-order valence-electron chi connectivity index (χ4n) is 4.00. The maximum atomic E-state index is 13.0. The van der Waals surface area contributed by atoms with Gasteiger partial charge in [0.1, 0.15) is 24.7 Å². The molecule has 0 atom stereocenters. The Kier molecular flexibility index (Phi) is 7.05. The molecular weight excluding hydrogens is 470 g/mol. The number of carbonyl (C=O) groups is 2. The minimum absolute atomic E-state index is 0.251. The first-order chi connectivity index (χ1) is 17.6. The van der Waals surface area contributed by atoms with E-state index in [1.165, 1.54) is 10.5 Å². The lowest BCUT2D eigenvalue weighted by atomic mass is 10.0. The first-order valence-electron chi connectivity index (χ1n) is 11.7. The van der Waals surface area contributed by atoms with Gasteiger partial charge in [0, 0.05) is 0 Å². The summed E-state index contributed by atoms with van der Waals surface area (Å²) in [5.41, 5.74) is 2.96. The number of benzene rings is 4. The number of fused-ring (bicyclic) bond motifs is 1. The number of amides is 2. The van der Waals surface area contributed by atoms with Crippen LogP contribution in [0.25, 0.3) is 16.8 Å². The minimum atomic E-state index is -0.272. The quantitative estimate of drug-likeness (QED) is 0.198. The molecule has 0 unspecified atom stereocenters. The summed E-state index contributed by atoms with van der Waals surface area (Å²) in [4.78, 5) is 27.4. The van der Waals surface area contributed by atoms with Gasteiger partial charge in [-0.15, -0.1) is 0 Å². The lowest BCUT2D eigenvalue weighted by Gasteiger charge is -2.14. The monoisotopic (exact) mass is 495 g/mol. The van der Waals surface area contributed by atoms with Gasteiger partial charge in [-0.05, 0) is 70.9 Å². The molecule has 0 N–H and O–H groups in total. The Balaban J connectivity index is 1.19. The van der Waals surface area contributed by atoms with E-state index in [-0.39, 0.29) is 17.7 Å². The first kappa shape index (κ1) is 23.7. The van der Waals surface area contributed by atoms with Crippen molar-refractivity contribution in [2.75, 3.05) is 13.2 Å². The van der Waals surface area contributed by atoms with Crippen LogP contribution >= 0.6 is 11.8 Å². The van der Waals surface area contributed by atoms with Crippen LogP contribution in [0.3, 0.4) is 0 Å². The summed E-state index contributed by atoms with van der Waals surface area (Å²) in [5.74, 6) is 1.25. The third-order valence-corrected chi connectivity index (χ3v) is 6.81. The van der Waals surface area contributed by atoms with Crippen molar-refractivity contribution in [2.24, 2.45) is 0 Å². The van der Waals surface area contributed by atoms with Crippen molar-refractivity contribution >= 4 is 39.8 Å². The molecule has 6 heteroatoms. The molecule has 5 rings (SSSR count). The van der Waals surface area contributed by atoms with Crippen LogP contribution in [0.4, 0.5) is 4.79 Å². The van der Waals surface area contributed by atoms with Gasteiger partial charge in [-0.2, -0.15) is 0 Å². The lowest BCUT2D eigenvalue weighted by molar-refractivity contribution is -0.123. The van der Waals surface area contributed by atoms with Gasteiger partial charge in [-0.25, -0.2) is 0 Å². The van der Waals surface area contributed by atoms with Crippen LogP contribution in [0.15, 0.2) is 95.9 Å². The van der Waals surface area contributed by atoms with E-state index in [0.717, 1.165) is 39.4 Å². The molecule has 1 fully saturated rings. The van der Waals surface area contributed by atoms with Crippen LogP contribution < -0.4 is 9.47 Å². The van der Waals surface area contributed by atoms with Gasteiger partial charge in [0.15, 0.2) is 0 Å². The van der Waals surface area contributed by atoms with Gasteiger partial charge in [0.2, 0.25) is 0 Å². The molecule has 2 amide bonds. The molecule has 0 spiro atoms. The van der Waals surface area contributed by atoms with Gasteiger partial charge < -0.3 is 9.47 Å². The summed E-state index contributed by atoms with van der Waals surface area (Å²) in [5, 5.41) is 1.87. The Labute approximate surface area is 214 Å². The molecule has 1 aliphatic heterocycles. The number of imide groups is 1. The van der Waals surface area contributed by atoms with Gasteiger partial charge in [0.25, 0.3) is 11.1 Å². The third kappa shape index (κ3) is 5.44. The molecule has 0 aliphatic carbocycles. The van der Waals surface area contributed by atoms with E-state index in [2.05, 4.69) is 0 Å². The predicted molar refractivity (Wildman–Crippen MR) is 144 cm³/mol. The zero-order chi connectivity index (χ0) is 24.9. The van der Waals surface area contributed by atoms with Crippen LogP contribution in [0, 0.1) is 6.92 Å². The number of carbonyl (C=O) groups excluding carboxylic acids is 2. The van der Waals surface area contributed by atoms with Crippen molar-refractivity contribution in [3.8, 4) is 11.5 Å². The highest BCUT2D eigenvalue weighted by atomic mass is 32.2. The Morgan fingerprint density at radius 3 is 2.14 bits per heavy atom. The average molecular weight is 496 g/mol. The van der Waals surface area contributed by atoms with E-state index in [1.54, 1.807) is 6.08 Å². The van der Waals surface area contributed by atoms with Crippen LogP contribution in [0.1, 0.15) is 16.7 Å². The molecule has 36 heavy (non-hydrogen) atoms. The highest BCUT2D eigenvalue weighted by Crippen LogP contribution is 2.34. The molecule has 1 saturated heterocycles. The molecule has 180 valence electrons. The van der Waals surface area contributed by atoms with E-state index in [4.69, 9.17) is 9.47 Å². The van der Waals surface area contributed by atoms with E-state index in [9.17, 15) is 9.59 Å². The standard InChI is InChI=1S/C30H25NO4S/c1-21-9-13-25(14-10-21)34-17-18-35-26-15-11-22(12-16-26)19-28-29(32)31(30(33)36-28)20-24-7-4-6-23-5-2-3-8-27(23)24/h2-16,19H,17-18,20H2,1H3/b28-19-. The molecule has 0 bridgehead atoms. The van der Waals surface area contributed by atoms with Crippen molar-refractivity contribution in [3.05, 3.63) is 113 Å². The predicted octanol–water partition coefficient (Wildman–Crippen LogP) is 6.84. The third-order valence-electron chi connectivity index (χ3n) is 5.90. The van der Waals surface area contributed by atoms with Gasteiger partial charge >= 0.3 is 0 Å². The molecular formula is C30H25NO4S. The fourth-order valence-corrected chi connectivity index (χ4v) is 4.84. The number of rotatable bonds is 8. The van der Waals surface area contributed by atoms with Gasteiger partial charge in [-0.1, -0.05) is 72.3 Å². The second-order valence-corrected chi connectivity index (χ2v) is 9.48. The van der Waals surface area contributed by atoms with Crippen molar-refractivity contribution < 1.29 is 19.1 Å². The normalized spacial score (nSPS) is 14.6. The summed E-state index contributed by atoms with van der Waals surface area (Å²) in [6.45, 7) is 3.14. The average Bonchev–Trinajstić information content (AvgIpc) is 3.16. The van der Waals surface area contributed by atoms with E-state index >= 15 is 0 Å². The summed E-state index contributed by atoms with van der Waals surface area (Å²) < 4.78 is 11.4. The van der Waals surface area contributed by atoms with Gasteiger partial charge in [0.05, 0.1) is 11.4 Å². The Bertz CT molecular complexity index is 1420. The molecule has 4 aromatic carbocycles. The number of hydrogen-bond acceptors (Lipinski definition) is 5. The molecule has 1 aliphatic rings. The maximum absolute atomic E-state index is 13.0. The van der Waals surface area contributed by atoms with Crippen molar-refractivity contribution in [3.63, 3.8) is 0 Å². The van der Waals surface area contributed by atoms with Crippen LogP contribution in [-0.2, 0) is 11.3 Å². The SMILES string of the molecule is Cc1ccc(OCCOc2ccc(/C=C3\SC(=O)N(Cc4cccc5ccccc45)C3=O)cc2)cc1. The van der Waals surface area contributed by atoms with Crippen LogP contribution in [0.5, 0.6) is 11.5 Å². The summed E-state index contributed by atoms with van der Waals surface area (Å²) >= 11 is 0.972. The number of hydrogen-bond donors (Lipinski definition) is 0. The Morgan fingerprint density at radius 1 is 0.778 bits per heavy atom. The topological polar surface area (TPSA) is 55.8 Å². The van der Waals surface area contributed by atoms with Crippen molar-refractivity contribution in [1.29, 1.82) is 0 Å². The Morgan fingerprint density at radius 2 is 1.42 bits per heavy atom.